The van der Waals surface area contributed by atoms with Gasteiger partial charge in [0.25, 0.3) is 5.91 Å². The first-order valence-corrected chi connectivity index (χ1v) is 8.06. The number of hydrogen-bond donors (Lipinski definition) is 1. The molecule has 3 rings (SSSR count). The second kappa shape index (κ2) is 7.25. The Balaban J connectivity index is 1.88. The van der Waals surface area contributed by atoms with Gasteiger partial charge in [0, 0.05) is 24.6 Å². The van der Waals surface area contributed by atoms with Crippen LogP contribution in [0.3, 0.4) is 0 Å². The molecule has 25 heavy (non-hydrogen) atoms. The summed E-state index contributed by atoms with van der Waals surface area (Å²) in [6.07, 6.45) is 1.36. The number of anilines is 2. The first-order valence-electron chi connectivity index (χ1n) is 8.06. The van der Waals surface area contributed by atoms with Crippen molar-refractivity contribution in [1.29, 1.82) is 0 Å². The molecule has 6 heteroatoms. The number of amides is 2. The highest BCUT2D eigenvalue weighted by molar-refractivity contribution is 6.08. The molecule has 0 unspecified atom stereocenters. The average molecular weight is 340 g/mol. The lowest BCUT2D eigenvalue weighted by molar-refractivity contribution is -0.117. The van der Waals surface area contributed by atoms with Crippen LogP contribution in [0.4, 0.5) is 11.4 Å². The zero-order valence-electron chi connectivity index (χ0n) is 14.2. The Morgan fingerprint density at radius 3 is 2.36 bits per heavy atom. The molecule has 0 aliphatic carbocycles. The smallest absolute Gasteiger partial charge is 0.255 e. The van der Waals surface area contributed by atoms with E-state index in [1.807, 2.05) is 18.2 Å². The Morgan fingerprint density at radius 2 is 1.76 bits per heavy atom. The number of ether oxygens (including phenoxy) is 2. The van der Waals surface area contributed by atoms with Gasteiger partial charge >= 0.3 is 0 Å². The van der Waals surface area contributed by atoms with E-state index in [1.54, 1.807) is 29.2 Å². The van der Waals surface area contributed by atoms with Crippen LogP contribution in [0.25, 0.3) is 0 Å². The molecule has 1 aliphatic rings. The zero-order valence-corrected chi connectivity index (χ0v) is 14.2. The molecular formula is C19H20N2O4. The van der Waals surface area contributed by atoms with E-state index in [2.05, 4.69) is 5.32 Å². The maximum absolute atomic E-state index is 12.7. The molecule has 2 amide bonds. The summed E-state index contributed by atoms with van der Waals surface area (Å²) in [6.45, 7) is 0.665. The van der Waals surface area contributed by atoms with Crippen molar-refractivity contribution in [3.05, 3.63) is 48.0 Å². The number of nitrogens with zero attached hydrogens (tertiary/aromatic N) is 1. The topological polar surface area (TPSA) is 67.9 Å². The van der Waals surface area contributed by atoms with E-state index in [4.69, 9.17) is 9.47 Å². The number of rotatable bonds is 5. The molecule has 130 valence electrons. The maximum Gasteiger partial charge on any atom is 0.255 e. The van der Waals surface area contributed by atoms with Crippen LogP contribution in [-0.4, -0.2) is 32.6 Å². The van der Waals surface area contributed by atoms with E-state index >= 15 is 0 Å². The molecule has 0 atom stereocenters. The highest BCUT2D eigenvalue weighted by Crippen LogP contribution is 2.30. The minimum Gasteiger partial charge on any atom is -0.497 e. The predicted molar refractivity (Wildman–Crippen MR) is 95.5 cm³/mol. The monoisotopic (exact) mass is 340 g/mol. The van der Waals surface area contributed by atoms with Crippen molar-refractivity contribution in [2.24, 2.45) is 0 Å². The fourth-order valence-electron chi connectivity index (χ4n) is 2.85. The van der Waals surface area contributed by atoms with E-state index in [9.17, 15) is 9.59 Å². The molecule has 2 aromatic carbocycles. The van der Waals surface area contributed by atoms with E-state index in [0.29, 0.717) is 41.4 Å². The summed E-state index contributed by atoms with van der Waals surface area (Å²) in [4.78, 5) is 26.4. The Labute approximate surface area is 146 Å². The van der Waals surface area contributed by atoms with Gasteiger partial charge in [0.05, 0.1) is 25.6 Å². The van der Waals surface area contributed by atoms with E-state index < -0.39 is 0 Å². The van der Waals surface area contributed by atoms with Gasteiger partial charge in [0.2, 0.25) is 5.91 Å². The molecular weight excluding hydrogens is 320 g/mol. The molecule has 6 nitrogen and oxygen atoms in total. The van der Waals surface area contributed by atoms with Crippen LogP contribution >= 0.6 is 0 Å². The molecule has 1 fully saturated rings. The van der Waals surface area contributed by atoms with Gasteiger partial charge in [-0.15, -0.1) is 0 Å². The summed E-state index contributed by atoms with van der Waals surface area (Å²) >= 11 is 0. The van der Waals surface area contributed by atoms with E-state index in [-0.39, 0.29) is 11.8 Å². The van der Waals surface area contributed by atoms with Crippen LogP contribution in [0.5, 0.6) is 11.5 Å². The summed E-state index contributed by atoms with van der Waals surface area (Å²) in [5.41, 5.74) is 1.73. The molecule has 1 aliphatic heterocycles. The lowest BCUT2D eigenvalue weighted by atomic mass is 10.1. The Morgan fingerprint density at radius 1 is 1.08 bits per heavy atom. The van der Waals surface area contributed by atoms with Crippen molar-refractivity contribution in [3.63, 3.8) is 0 Å². The summed E-state index contributed by atoms with van der Waals surface area (Å²) in [5, 5.41) is 2.88. The standard InChI is InChI=1S/C19H20N2O4/c1-24-14-10-13(11-15(12-14)25-2)19(23)20-16-6-3-4-7-17(16)21-9-5-8-18(21)22/h3-4,6-7,10-12H,5,8-9H2,1-2H3,(H,20,23). The number of methoxy groups -OCH3 is 2. The van der Waals surface area contributed by atoms with Gasteiger partial charge in [-0.05, 0) is 30.7 Å². The minimum atomic E-state index is -0.295. The van der Waals surface area contributed by atoms with Gasteiger partial charge in [0.1, 0.15) is 11.5 Å². The Kier molecular flexibility index (Phi) is 4.88. The molecule has 0 spiro atoms. The lowest BCUT2D eigenvalue weighted by Gasteiger charge is -2.20. The molecule has 0 radical (unpaired) electrons. The van der Waals surface area contributed by atoms with Gasteiger partial charge in [-0.25, -0.2) is 0 Å². The van der Waals surface area contributed by atoms with Crippen molar-refractivity contribution >= 4 is 23.2 Å². The molecule has 1 heterocycles. The molecule has 1 saturated heterocycles. The SMILES string of the molecule is COc1cc(OC)cc(C(=O)Nc2ccccc2N2CCCC2=O)c1. The fourth-order valence-corrected chi connectivity index (χ4v) is 2.85. The lowest BCUT2D eigenvalue weighted by Crippen LogP contribution is -2.25. The van der Waals surface area contributed by atoms with Crippen LogP contribution in [0.15, 0.2) is 42.5 Å². The normalized spacial score (nSPS) is 13.7. The third kappa shape index (κ3) is 3.57. The number of benzene rings is 2. The number of carbonyl (C=O) groups is 2. The van der Waals surface area contributed by atoms with Crippen LogP contribution < -0.4 is 19.7 Å². The second-order valence-corrected chi connectivity index (χ2v) is 5.72. The Bertz CT molecular complexity index is 782. The van der Waals surface area contributed by atoms with Crippen molar-refractivity contribution in [2.45, 2.75) is 12.8 Å². The van der Waals surface area contributed by atoms with Crippen molar-refractivity contribution in [2.75, 3.05) is 31.0 Å². The van der Waals surface area contributed by atoms with Gasteiger partial charge in [0.15, 0.2) is 0 Å². The highest BCUT2D eigenvalue weighted by atomic mass is 16.5. The number of para-hydroxylation sites is 2. The zero-order chi connectivity index (χ0) is 17.8. The molecule has 0 saturated carbocycles. The first-order chi connectivity index (χ1) is 12.1. The number of nitrogens with one attached hydrogen (secondary N) is 1. The van der Waals surface area contributed by atoms with Gasteiger partial charge in [-0.2, -0.15) is 0 Å². The fraction of sp³-hybridized carbons (Fsp3) is 0.263. The third-order valence-corrected chi connectivity index (χ3v) is 4.13. The Hall–Kier alpha value is -3.02. The highest BCUT2D eigenvalue weighted by Gasteiger charge is 2.24. The van der Waals surface area contributed by atoms with Crippen LogP contribution in [0.1, 0.15) is 23.2 Å². The van der Waals surface area contributed by atoms with E-state index in [0.717, 1.165) is 6.42 Å². The number of hydrogen-bond acceptors (Lipinski definition) is 4. The predicted octanol–water partition coefficient (Wildman–Crippen LogP) is 3.08. The summed E-state index contributed by atoms with van der Waals surface area (Å²) in [6, 6.07) is 12.3. The van der Waals surface area contributed by atoms with Gasteiger partial charge in [-0.1, -0.05) is 12.1 Å². The first kappa shape index (κ1) is 16.8. The summed E-state index contributed by atoms with van der Waals surface area (Å²) in [7, 11) is 3.06. The number of carbonyl (C=O) groups excluding carboxylic acids is 2. The minimum absolute atomic E-state index is 0.0738. The molecule has 2 aromatic rings. The van der Waals surface area contributed by atoms with Gasteiger partial charge < -0.3 is 19.7 Å². The van der Waals surface area contributed by atoms with E-state index in [1.165, 1.54) is 14.2 Å². The molecule has 1 N–H and O–H groups in total. The molecule has 0 bridgehead atoms. The van der Waals surface area contributed by atoms with Crippen LogP contribution in [0, 0.1) is 0 Å². The van der Waals surface area contributed by atoms with Crippen LogP contribution in [-0.2, 0) is 4.79 Å². The summed E-state index contributed by atoms with van der Waals surface area (Å²) < 4.78 is 10.4. The average Bonchev–Trinajstić information content (AvgIpc) is 3.07. The van der Waals surface area contributed by atoms with Gasteiger partial charge in [-0.3, -0.25) is 9.59 Å². The van der Waals surface area contributed by atoms with Crippen molar-refractivity contribution in [3.8, 4) is 11.5 Å². The van der Waals surface area contributed by atoms with Crippen LogP contribution in [0.2, 0.25) is 0 Å². The quantitative estimate of drug-likeness (QED) is 0.908. The third-order valence-electron chi connectivity index (χ3n) is 4.13. The van der Waals surface area contributed by atoms with Crippen molar-refractivity contribution in [1.82, 2.24) is 0 Å². The summed E-state index contributed by atoms with van der Waals surface area (Å²) in [5.74, 6) is 0.848. The largest absolute Gasteiger partial charge is 0.497 e. The molecule has 0 aromatic heterocycles. The van der Waals surface area contributed by atoms with Crippen molar-refractivity contribution < 1.29 is 19.1 Å². The second-order valence-electron chi connectivity index (χ2n) is 5.72. The maximum atomic E-state index is 12.7.